The lowest BCUT2D eigenvalue weighted by Crippen LogP contribution is -2.64. The number of ether oxygens (including phenoxy) is 9. The van der Waals surface area contributed by atoms with Gasteiger partial charge in [-0.2, -0.15) is 0 Å². The van der Waals surface area contributed by atoms with Crippen molar-refractivity contribution in [3.63, 3.8) is 0 Å². The molecule has 21 nitrogen and oxygen atoms in total. The number of carbonyl (C=O) groups is 7. The molecule has 0 radical (unpaired) electrons. The van der Waals surface area contributed by atoms with E-state index in [0.29, 0.717) is 24.8 Å². The molecule has 1 aromatic heterocycles. The lowest BCUT2D eigenvalue weighted by molar-refractivity contribution is -0.385. The maximum atomic E-state index is 14.7. The number of carbonyl (C=O) groups excluding carboxylic acids is 7. The van der Waals surface area contributed by atoms with Gasteiger partial charge in [-0.25, -0.2) is 14.6 Å². The molecular formula is C51H62N2O19S. The third-order valence-corrected chi connectivity index (χ3v) is 13.5. The molecule has 0 aliphatic carbocycles. The molecule has 0 bridgehead atoms. The second kappa shape index (κ2) is 25.2. The van der Waals surface area contributed by atoms with Crippen LogP contribution < -0.4 is 4.74 Å². The Morgan fingerprint density at radius 1 is 0.973 bits per heavy atom. The van der Waals surface area contributed by atoms with E-state index in [9.17, 15) is 48.8 Å². The molecule has 2 aliphatic rings. The molecule has 0 unspecified atom stereocenters. The van der Waals surface area contributed by atoms with Gasteiger partial charge in [0, 0.05) is 50.8 Å². The molecule has 73 heavy (non-hydrogen) atoms. The zero-order valence-electron chi connectivity index (χ0n) is 42.1. The van der Waals surface area contributed by atoms with Crippen molar-refractivity contribution in [3.8, 4) is 5.75 Å². The number of esters is 5. The van der Waals surface area contributed by atoms with Crippen LogP contribution in [0.25, 0.3) is 10.2 Å². The van der Waals surface area contributed by atoms with Crippen LogP contribution in [0, 0.1) is 34.3 Å². The predicted molar refractivity (Wildman–Crippen MR) is 258 cm³/mol. The number of methoxy groups -OCH3 is 1. The highest BCUT2D eigenvalue weighted by Crippen LogP contribution is 2.38. The fourth-order valence-corrected chi connectivity index (χ4v) is 9.51. The molecule has 10 atom stereocenters. The van der Waals surface area contributed by atoms with Gasteiger partial charge in [0.1, 0.15) is 30.3 Å². The van der Waals surface area contributed by atoms with Gasteiger partial charge in [0.15, 0.2) is 18.3 Å². The summed E-state index contributed by atoms with van der Waals surface area (Å²) in [5.74, 6) is -7.07. The van der Waals surface area contributed by atoms with Gasteiger partial charge in [-0.1, -0.05) is 30.7 Å². The fraction of sp³-hybridized carbons (Fsp3) is 0.529. The first-order valence-corrected chi connectivity index (χ1v) is 24.3. The Morgan fingerprint density at radius 2 is 1.64 bits per heavy atom. The van der Waals surface area contributed by atoms with Gasteiger partial charge >= 0.3 is 36.0 Å². The van der Waals surface area contributed by atoms with Gasteiger partial charge in [-0.3, -0.25) is 34.1 Å². The number of aryl methyl sites for hydroxylation is 1. The molecule has 5 rings (SSSR count). The zero-order valence-corrected chi connectivity index (χ0v) is 43.0. The number of thiazole rings is 1. The monoisotopic (exact) mass is 1040 g/mol. The number of hydrogen-bond donors (Lipinski definition) is 1. The highest BCUT2D eigenvalue weighted by molar-refractivity contribution is 7.18. The van der Waals surface area contributed by atoms with E-state index in [2.05, 4.69) is 11.6 Å². The molecule has 2 aliphatic heterocycles. The van der Waals surface area contributed by atoms with E-state index in [-0.39, 0.29) is 30.1 Å². The smallest absolute Gasteiger partial charge is 0.467 e. The van der Waals surface area contributed by atoms with E-state index >= 15 is 0 Å². The van der Waals surface area contributed by atoms with E-state index < -0.39 is 126 Å². The van der Waals surface area contributed by atoms with Crippen LogP contribution in [0.1, 0.15) is 109 Å². The Labute approximate surface area is 425 Å². The minimum Gasteiger partial charge on any atom is -0.467 e. The molecule has 0 spiro atoms. The number of rotatable bonds is 13. The number of aromatic nitrogens is 1. The van der Waals surface area contributed by atoms with Crippen LogP contribution in [0.15, 0.2) is 60.7 Å². The third-order valence-electron chi connectivity index (χ3n) is 12.5. The maximum Gasteiger partial charge on any atom is 0.508 e. The summed E-state index contributed by atoms with van der Waals surface area (Å²) in [5.41, 5.74) is -0.0384. The van der Waals surface area contributed by atoms with Crippen molar-refractivity contribution < 1.29 is 86.2 Å². The second-order valence-electron chi connectivity index (χ2n) is 18.5. The van der Waals surface area contributed by atoms with Crippen molar-refractivity contribution in [2.45, 2.75) is 150 Å². The second-order valence-corrected chi connectivity index (χ2v) is 19.7. The van der Waals surface area contributed by atoms with Crippen molar-refractivity contribution in [2.24, 2.45) is 17.3 Å². The molecule has 1 N–H and O–H groups in total. The third kappa shape index (κ3) is 14.9. The van der Waals surface area contributed by atoms with Gasteiger partial charge in [-0.15, -0.1) is 17.9 Å². The number of nitro benzene ring substituents is 1. The van der Waals surface area contributed by atoms with Crippen molar-refractivity contribution in [2.75, 3.05) is 7.11 Å². The highest BCUT2D eigenvalue weighted by atomic mass is 32.1. The van der Waals surface area contributed by atoms with E-state index in [1.54, 1.807) is 0 Å². The molecule has 1 saturated heterocycles. The average molecular weight is 1040 g/mol. The van der Waals surface area contributed by atoms with E-state index in [1.165, 1.54) is 31.3 Å². The Bertz CT molecular complexity index is 2590. The lowest BCUT2D eigenvalue weighted by atomic mass is 9.71. The summed E-state index contributed by atoms with van der Waals surface area (Å²) in [6.07, 6.45) is -8.88. The number of aliphatic hydroxyl groups excluding tert-OH is 1. The number of non-ortho nitro benzene ring substituents is 1. The first kappa shape index (κ1) is 57.1. The van der Waals surface area contributed by atoms with Crippen LogP contribution in [-0.4, -0.2) is 107 Å². The number of fused-ring (bicyclic) bond motifs is 1. The summed E-state index contributed by atoms with van der Waals surface area (Å²) in [5, 5.41) is 24.5. The largest absolute Gasteiger partial charge is 0.508 e. The quantitative estimate of drug-likeness (QED) is 0.0567. The van der Waals surface area contributed by atoms with Crippen molar-refractivity contribution in [1.29, 1.82) is 0 Å². The topological polar surface area (TPSA) is 279 Å². The molecule has 0 saturated carbocycles. The summed E-state index contributed by atoms with van der Waals surface area (Å²) in [6.45, 7) is 14.6. The minimum absolute atomic E-state index is 0.0555. The first-order chi connectivity index (χ1) is 34.4. The van der Waals surface area contributed by atoms with Gasteiger partial charge in [0.25, 0.3) is 5.69 Å². The first-order valence-electron chi connectivity index (χ1n) is 23.5. The number of aliphatic hydroxyl groups is 1. The minimum atomic E-state index is -1.90. The summed E-state index contributed by atoms with van der Waals surface area (Å²) in [4.78, 5) is 109. The fourth-order valence-electron chi connectivity index (χ4n) is 8.71. The number of allylic oxidation sites excluding steroid dienone is 2. The number of nitrogens with zero attached hydrogens (tertiary/aromatic N) is 2. The van der Waals surface area contributed by atoms with Gasteiger partial charge in [-0.05, 0) is 83.1 Å². The summed E-state index contributed by atoms with van der Waals surface area (Å²) >= 11 is 1.51. The normalized spacial score (nSPS) is 26.0. The number of hydrogen-bond acceptors (Lipinski definition) is 21. The number of nitro groups is 1. The van der Waals surface area contributed by atoms with Crippen LogP contribution in [0.2, 0.25) is 0 Å². The number of cyclic esters (lactones) is 1. The van der Waals surface area contributed by atoms with Gasteiger partial charge in [0.05, 0.1) is 45.2 Å². The van der Waals surface area contributed by atoms with Crippen molar-refractivity contribution in [3.05, 3.63) is 87.0 Å². The van der Waals surface area contributed by atoms with Gasteiger partial charge in [0.2, 0.25) is 12.4 Å². The van der Waals surface area contributed by atoms with Gasteiger partial charge < -0.3 is 47.7 Å². The molecule has 1 fully saturated rings. The summed E-state index contributed by atoms with van der Waals surface area (Å²) < 4.78 is 51.4. The van der Waals surface area contributed by atoms with Crippen LogP contribution in [-0.2, 0) is 73.3 Å². The Kier molecular flexibility index (Phi) is 19.8. The maximum absolute atomic E-state index is 14.7. The van der Waals surface area contributed by atoms with Crippen molar-refractivity contribution in [1.82, 2.24) is 4.98 Å². The number of ketones is 1. The molecule has 2 aromatic carbocycles. The zero-order chi connectivity index (χ0) is 53.9. The van der Waals surface area contributed by atoms with Crippen LogP contribution >= 0.6 is 11.3 Å². The van der Waals surface area contributed by atoms with Crippen molar-refractivity contribution >= 4 is 69.0 Å². The Balaban J connectivity index is 1.50. The van der Waals surface area contributed by atoms with E-state index in [1.807, 2.05) is 45.0 Å². The molecule has 3 aromatic rings. The predicted octanol–water partition coefficient (Wildman–Crippen LogP) is 7.59. The van der Waals surface area contributed by atoms with Crippen LogP contribution in [0.5, 0.6) is 5.75 Å². The number of benzene rings is 2. The molecule has 396 valence electrons. The SMILES string of the molecule is C=CC[C@H]1C(=O)C(C)(C)[C@@H](OC(=O)OCc2cc([N+](=O)[O-])ccc2O[C@@H]2O[C@H](C(=O)OC)[C@@H](OC(C)=O)[C@H](OC(C)=O)[C@H]2OC(C)=O)CC(=O)O[C@H](c2ccc3sc(C)nc3c2)CC=C(C)CCC[C@H](C)[C@@H]1O. The van der Waals surface area contributed by atoms with Crippen LogP contribution in [0.4, 0.5) is 10.5 Å². The lowest BCUT2D eigenvalue weighted by Gasteiger charge is -2.43. The Hall–Kier alpha value is -6.78. The van der Waals surface area contributed by atoms with E-state index in [0.717, 1.165) is 66.9 Å². The van der Waals surface area contributed by atoms with Crippen LogP contribution in [0.3, 0.4) is 0 Å². The Morgan fingerprint density at radius 3 is 2.29 bits per heavy atom. The van der Waals surface area contributed by atoms with E-state index in [4.69, 9.17) is 42.6 Å². The number of Topliss-reactive ketones (excluding diaryl/α,β-unsaturated/α-hetero) is 1. The molecule has 0 amide bonds. The summed E-state index contributed by atoms with van der Waals surface area (Å²) in [6, 6.07) is 8.65. The average Bonchev–Trinajstić information content (AvgIpc) is 3.70. The molecule has 3 heterocycles. The molecular weight excluding hydrogens is 977 g/mol. The highest BCUT2D eigenvalue weighted by Gasteiger charge is 2.56. The molecule has 22 heteroatoms. The summed E-state index contributed by atoms with van der Waals surface area (Å²) in [7, 11) is 0.993. The standard InChI is InChI=1S/C51H62N2O19S/c1-11-13-35-42(58)27(3)15-12-14-26(2)16-19-37(32-17-21-39-36(23-32)52-28(4)73-39)69-41(57)24-40(51(8,9)47(35)59)71-50(61)65-25-33-22-34(53(62)63)18-20-38(33)70-49-46(68-31(7)56)44(67-30(6)55)43(66-29(5)54)45(72-49)48(60)64-10/h11,16-18,20-23,27,35,37,40,42-46,49,58H,1,12-15,19,24-25H2,2-10H3/t27-,35+,37-,40-,42-,43-,44-,45-,46+,49+/m0/s1.